The first-order chi connectivity index (χ1) is 7.79. The first kappa shape index (κ1) is 11.0. The molecule has 0 saturated carbocycles. The summed E-state index contributed by atoms with van der Waals surface area (Å²) in [6, 6.07) is 17.6. The molecule has 0 aliphatic heterocycles. The Hall–Kier alpha value is -1.50. The van der Waals surface area contributed by atoms with E-state index in [2.05, 4.69) is 63.3 Å². The van der Waals surface area contributed by atoms with Crippen molar-refractivity contribution in [1.82, 2.24) is 0 Å². The molecule has 0 unspecified atom stereocenters. The van der Waals surface area contributed by atoms with Crippen LogP contribution in [0.1, 0.15) is 18.9 Å². The van der Waals surface area contributed by atoms with Gasteiger partial charge in [-0.25, -0.2) is 0 Å². The molecule has 0 atom stereocenters. The molecule has 1 heteroatoms. The summed E-state index contributed by atoms with van der Waals surface area (Å²) < 4.78 is 0. The van der Waals surface area contributed by atoms with Crippen LogP contribution in [0, 0.1) is 0 Å². The van der Waals surface area contributed by atoms with E-state index in [0.717, 1.165) is 0 Å². The summed E-state index contributed by atoms with van der Waals surface area (Å²) >= 11 is 0. The minimum absolute atomic E-state index is 1.17. The van der Waals surface area contributed by atoms with Crippen molar-refractivity contribution in [3.8, 4) is 11.1 Å². The van der Waals surface area contributed by atoms with Gasteiger partial charge in [-0.2, -0.15) is 0 Å². The molecule has 0 heterocycles. The molecule has 2 aromatic carbocycles. The Labute approximate surface area is 98.7 Å². The lowest BCUT2D eigenvalue weighted by molar-refractivity contribution is 0.922. The second-order valence-corrected chi connectivity index (χ2v) is 4.31. The molecule has 0 saturated heterocycles. The van der Waals surface area contributed by atoms with Crippen LogP contribution in [0.25, 0.3) is 11.1 Å². The van der Waals surface area contributed by atoms with Crippen molar-refractivity contribution in [3.63, 3.8) is 0 Å². The molecular formula is C15H17B. The van der Waals surface area contributed by atoms with Crippen LogP contribution in [-0.4, -0.2) is 7.85 Å². The Bertz CT molecular complexity index is 440. The number of hydrogen-bond acceptors (Lipinski definition) is 0. The summed E-state index contributed by atoms with van der Waals surface area (Å²) in [7, 11) is 2.12. The van der Waals surface area contributed by atoms with Gasteiger partial charge in [-0.05, 0) is 23.1 Å². The normalized spacial score (nSPS) is 10.3. The van der Waals surface area contributed by atoms with Gasteiger partial charge in [0.25, 0.3) is 0 Å². The molecule has 0 bridgehead atoms. The maximum absolute atomic E-state index is 2.23. The number of benzene rings is 2. The fourth-order valence-electron chi connectivity index (χ4n) is 1.90. The van der Waals surface area contributed by atoms with Gasteiger partial charge < -0.3 is 0 Å². The molecule has 0 amide bonds. The zero-order valence-corrected chi connectivity index (χ0v) is 10.0. The third-order valence-corrected chi connectivity index (χ3v) is 2.88. The van der Waals surface area contributed by atoms with Gasteiger partial charge in [0.15, 0.2) is 0 Å². The van der Waals surface area contributed by atoms with Gasteiger partial charge in [0.1, 0.15) is 7.85 Å². The van der Waals surface area contributed by atoms with E-state index in [9.17, 15) is 0 Å². The zero-order chi connectivity index (χ0) is 11.4. The Morgan fingerprint density at radius 3 is 1.81 bits per heavy atom. The van der Waals surface area contributed by atoms with Crippen molar-refractivity contribution in [2.75, 3.05) is 0 Å². The molecule has 0 aliphatic rings. The van der Waals surface area contributed by atoms with E-state index in [1.807, 2.05) is 0 Å². The van der Waals surface area contributed by atoms with Crippen LogP contribution in [0.3, 0.4) is 0 Å². The van der Waals surface area contributed by atoms with Gasteiger partial charge in [-0.15, -0.1) is 0 Å². The number of hydrogen-bond donors (Lipinski definition) is 0. The fourth-order valence-corrected chi connectivity index (χ4v) is 1.90. The Morgan fingerprint density at radius 1 is 0.812 bits per heavy atom. The molecule has 0 spiro atoms. The predicted octanol–water partition coefficient (Wildman–Crippen LogP) is 2.56. The van der Waals surface area contributed by atoms with Crippen LogP contribution in [0.2, 0.25) is 0 Å². The van der Waals surface area contributed by atoms with Gasteiger partial charge in [0.2, 0.25) is 0 Å². The molecule has 0 fully saturated rings. The quantitative estimate of drug-likeness (QED) is 0.680. The van der Waals surface area contributed by atoms with Gasteiger partial charge in [0.05, 0.1) is 0 Å². The van der Waals surface area contributed by atoms with Crippen LogP contribution < -0.4 is 5.46 Å². The predicted molar refractivity (Wildman–Crippen MR) is 74.1 cm³/mol. The molecule has 0 N–H and O–H groups in total. The van der Waals surface area contributed by atoms with Crippen molar-refractivity contribution < 1.29 is 0 Å². The minimum Gasteiger partial charge on any atom is -0.0889 e. The van der Waals surface area contributed by atoms with E-state index >= 15 is 0 Å². The molecule has 0 aliphatic carbocycles. The van der Waals surface area contributed by atoms with Crippen molar-refractivity contribution in [2.45, 2.75) is 19.8 Å². The lowest BCUT2D eigenvalue weighted by Crippen LogP contribution is -1.99. The summed E-state index contributed by atoms with van der Waals surface area (Å²) in [6.45, 7) is 2.22. The highest BCUT2D eigenvalue weighted by Crippen LogP contribution is 2.19. The van der Waals surface area contributed by atoms with Crippen LogP contribution in [-0.2, 0) is 6.42 Å². The number of aryl methyl sites for hydroxylation is 1. The second-order valence-electron chi connectivity index (χ2n) is 4.31. The molecule has 80 valence electrons. The van der Waals surface area contributed by atoms with E-state index < -0.39 is 0 Å². The highest BCUT2D eigenvalue weighted by Gasteiger charge is 1.97. The minimum atomic E-state index is 1.17. The maximum Gasteiger partial charge on any atom is 0.139 e. The van der Waals surface area contributed by atoms with Gasteiger partial charge in [-0.3, -0.25) is 0 Å². The Balaban J connectivity index is 2.24. The topological polar surface area (TPSA) is 0 Å². The van der Waals surface area contributed by atoms with Crippen molar-refractivity contribution >= 4 is 13.3 Å². The average molecular weight is 208 g/mol. The van der Waals surface area contributed by atoms with Crippen LogP contribution in [0.15, 0.2) is 48.5 Å². The Morgan fingerprint density at radius 2 is 1.31 bits per heavy atom. The van der Waals surface area contributed by atoms with E-state index in [-0.39, 0.29) is 0 Å². The first-order valence-electron chi connectivity index (χ1n) is 5.95. The zero-order valence-electron chi connectivity index (χ0n) is 10.0. The highest BCUT2D eigenvalue weighted by atomic mass is 14.0. The monoisotopic (exact) mass is 208 g/mol. The average Bonchev–Trinajstić information content (AvgIpc) is 2.32. The van der Waals surface area contributed by atoms with E-state index in [1.54, 1.807) is 0 Å². The third kappa shape index (κ3) is 2.54. The summed E-state index contributed by atoms with van der Waals surface area (Å²) in [5.41, 5.74) is 5.35. The molecule has 2 rings (SSSR count). The largest absolute Gasteiger partial charge is 0.139 e. The van der Waals surface area contributed by atoms with Gasteiger partial charge in [0, 0.05) is 0 Å². The highest BCUT2D eigenvalue weighted by molar-refractivity contribution is 6.32. The smallest absolute Gasteiger partial charge is 0.0889 e. The van der Waals surface area contributed by atoms with E-state index in [0.29, 0.717) is 0 Å². The molecule has 0 aromatic heterocycles. The Kier molecular flexibility index (Phi) is 3.45. The third-order valence-electron chi connectivity index (χ3n) is 2.88. The van der Waals surface area contributed by atoms with Crippen LogP contribution in [0.4, 0.5) is 0 Å². The van der Waals surface area contributed by atoms with E-state index in [4.69, 9.17) is 0 Å². The fraction of sp³-hybridized carbons (Fsp3) is 0.200. The maximum atomic E-state index is 2.23. The summed E-state index contributed by atoms with van der Waals surface area (Å²) in [6.07, 6.45) is 2.39. The van der Waals surface area contributed by atoms with Crippen molar-refractivity contribution in [1.29, 1.82) is 0 Å². The molecule has 0 radical (unpaired) electrons. The van der Waals surface area contributed by atoms with Crippen molar-refractivity contribution in [2.24, 2.45) is 0 Å². The molecule has 2 aromatic rings. The lowest BCUT2D eigenvalue weighted by atomic mass is 9.93. The molecular weight excluding hydrogens is 191 g/mol. The summed E-state index contributed by atoms with van der Waals surface area (Å²) in [5, 5.41) is 0. The summed E-state index contributed by atoms with van der Waals surface area (Å²) in [4.78, 5) is 0. The summed E-state index contributed by atoms with van der Waals surface area (Å²) in [5.74, 6) is 0. The SMILES string of the molecule is Bc1ccc(-c2ccc(CCC)cc2)cc1. The van der Waals surface area contributed by atoms with E-state index in [1.165, 1.54) is 35.0 Å². The number of rotatable bonds is 3. The standard InChI is InChI=1S/C15H17B/c1-2-3-12-4-6-13(7-5-12)14-8-10-15(16)11-9-14/h4-11H,2-3,16H2,1H3. The van der Waals surface area contributed by atoms with Crippen LogP contribution in [0.5, 0.6) is 0 Å². The van der Waals surface area contributed by atoms with Gasteiger partial charge in [-0.1, -0.05) is 67.3 Å². The molecule has 0 nitrogen and oxygen atoms in total. The van der Waals surface area contributed by atoms with Crippen molar-refractivity contribution in [3.05, 3.63) is 54.1 Å². The van der Waals surface area contributed by atoms with Crippen LogP contribution >= 0.6 is 0 Å². The first-order valence-corrected chi connectivity index (χ1v) is 5.95. The second kappa shape index (κ2) is 5.02. The lowest BCUT2D eigenvalue weighted by Gasteiger charge is -2.04. The molecule has 16 heavy (non-hydrogen) atoms. The van der Waals surface area contributed by atoms with Gasteiger partial charge >= 0.3 is 0 Å².